The number of hydrogen-bond acceptors (Lipinski definition) is 6. The van der Waals surface area contributed by atoms with Crippen LogP contribution in [-0.2, 0) is 4.84 Å². The Balaban J connectivity index is 1.02. The maximum absolute atomic E-state index is 9.18. The quantitative estimate of drug-likeness (QED) is 0.646. The Labute approximate surface area is 188 Å². The first-order chi connectivity index (χ1) is 15.2. The molecule has 1 N–H and O–H groups in total. The van der Waals surface area contributed by atoms with Crippen molar-refractivity contribution < 1.29 is 9.57 Å². The van der Waals surface area contributed by atoms with Crippen molar-refractivity contribution in [2.24, 2.45) is 0 Å². The second kappa shape index (κ2) is 8.96. The van der Waals surface area contributed by atoms with Gasteiger partial charge in [-0.1, -0.05) is 23.7 Å². The van der Waals surface area contributed by atoms with Crippen molar-refractivity contribution in [3.05, 3.63) is 52.5 Å². The summed E-state index contributed by atoms with van der Waals surface area (Å²) in [4.78, 5) is 10.3. The number of anilines is 2. The largest absolute Gasteiger partial charge is 0.494 e. The molecule has 2 aromatic rings. The number of nitriles is 1. The van der Waals surface area contributed by atoms with E-state index in [-0.39, 0.29) is 0 Å². The molecule has 1 saturated heterocycles. The molecule has 1 saturated carbocycles. The summed E-state index contributed by atoms with van der Waals surface area (Å²) in [6, 6.07) is 14.1. The molecular formula is C24H27ClN4O2. The number of ether oxygens (including phenoxy) is 1. The van der Waals surface area contributed by atoms with Gasteiger partial charge >= 0.3 is 0 Å². The molecule has 0 spiro atoms. The van der Waals surface area contributed by atoms with E-state index >= 15 is 0 Å². The molecule has 1 aliphatic carbocycles. The summed E-state index contributed by atoms with van der Waals surface area (Å²) in [7, 11) is 0. The van der Waals surface area contributed by atoms with E-state index in [1.807, 2.05) is 12.1 Å². The first kappa shape index (κ1) is 20.4. The lowest BCUT2D eigenvalue weighted by molar-refractivity contribution is 0.166. The van der Waals surface area contributed by atoms with Gasteiger partial charge in [0.05, 0.1) is 34.7 Å². The number of nitrogens with zero attached hydrogens (tertiary/aromatic N) is 3. The van der Waals surface area contributed by atoms with E-state index in [9.17, 15) is 5.26 Å². The summed E-state index contributed by atoms with van der Waals surface area (Å²) in [5.41, 5.74) is 6.96. The zero-order chi connectivity index (χ0) is 21.2. The second-order valence-electron chi connectivity index (χ2n) is 8.48. The van der Waals surface area contributed by atoms with Crippen LogP contribution in [0.4, 0.5) is 11.4 Å². The number of rotatable bonds is 7. The first-order valence-corrected chi connectivity index (χ1v) is 11.4. The molecule has 2 unspecified atom stereocenters. The topological polar surface area (TPSA) is 60.8 Å². The van der Waals surface area contributed by atoms with Crippen molar-refractivity contribution in [2.75, 3.05) is 49.7 Å². The van der Waals surface area contributed by atoms with Crippen molar-refractivity contribution in [3.63, 3.8) is 0 Å². The van der Waals surface area contributed by atoms with Crippen LogP contribution in [0.3, 0.4) is 0 Å². The minimum Gasteiger partial charge on any atom is -0.494 e. The lowest BCUT2D eigenvalue weighted by Crippen LogP contribution is -2.46. The van der Waals surface area contributed by atoms with E-state index in [0.29, 0.717) is 22.6 Å². The Morgan fingerprint density at radius 1 is 1.16 bits per heavy atom. The fourth-order valence-electron chi connectivity index (χ4n) is 4.50. The summed E-state index contributed by atoms with van der Waals surface area (Å²) in [6.07, 6.45) is 3.62. The first-order valence-electron chi connectivity index (χ1n) is 11.1. The maximum Gasteiger partial charge on any atom is 0.121 e. The van der Waals surface area contributed by atoms with E-state index in [1.54, 1.807) is 6.07 Å². The molecule has 6 nitrogen and oxygen atoms in total. The highest BCUT2D eigenvalue weighted by Crippen LogP contribution is 2.50. The third kappa shape index (κ3) is 4.45. The zero-order valence-corrected chi connectivity index (χ0v) is 18.3. The minimum atomic E-state index is 0.362. The van der Waals surface area contributed by atoms with E-state index in [2.05, 4.69) is 39.5 Å². The van der Waals surface area contributed by atoms with Crippen LogP contribution >= 0.6 is 11.6 Å². The van der Waals surface area contributed by atoms with E-state index in [4.69, 9.17) is 21.2 Å². The van der Waals surface area contributed by atoms with Crippen LogP contribution in [0.5, 0.6) is 5.75 Å². The van der Waals surface area contributed by atoms with Gasteiger partial charge in [-0.15, -0.1) is 0 Å². The van der Waals surface area contributed by atoms with Gasteiger partial charge in [0.2, 0.25) is 0 Å². The van der Waals surface area contributed by atoms with Crippen LogP contribution in [0, 0.1) is 11.3 Å². The Morgan fingerprint density at radius 2 is 2.03 bits per heavy atom. The maximum atomic E-state index is 9.18. The normalized spacial score (nSPS) is 22.1. The van der Waals surface area contributed by atoms with Crippen LogP contribution in [0.25, 0.3) is 0 Å². The van der Waals surface area contributed by atoms with Crippen molar-refractivity contribution in [3.8, 4) is 11.8 Å². The standard InChI is InChI=1S/C24H27ClN4O2/c25-24-17(16-26)4-3-5-22(24)29-11-9-28(10-12-29)8-1-2-13-30-18-6-7-19-20-15-23(20)31-27-21(19)14-18/h3-7,14,20,23,27H,1-2,8-13,15H2. The molecule has 0 radical (unpaired) electrons. The summed E-state index contributed by atoms with van der Waals surface area (Å²) in [6.45, 7) is 5.67. The number of nitrogens with one attached hydrogen (secondary N) is 1. The highest BCUT2D eigenvalue weighted by Gasteiger charge is 2.44. The molecule has 5 rings (SSSR count). The van der Waals surface area contributed by atoms with Crippen LogP contribution < -0.4 is 15.1 Å². The van der Waals surface area contributed by atoms with Crippen molar-refractivity contribution in [1.82, 2.24) is 4.90 Å². The number of benzene rings is 2. The fraction of sp³-hybridized carbons (Fsp3) is 0.458. The molecule has 0 amide bonds. The minimum absolute atomic E-state index is 0.362. The molecule has 2 aromatic carbocycles. The monoisotopic (exact) mass is 438 g/mol. The zero-order valence-electron chi connectivity index (χ0n) is 17.5. The molecule has 162 valence electrons. The Bertz CT molecular complexity index is 984. The van der Waals surface area contributed by atoms with Gasteiger partial charge in [-0.25, -0.2) is 0 Å². The van der Waals surface area contributed by atoms with Gasteiger partial charge in [-0.2, -0.15) is 5.26 Å². The molecule has 2 fully saturated rings. The van der Waals surface area contributed by atoms with Gasteiger partial charge in [0.15, 0.2) is 0 Å². The van der Waals surface area contributed by atoms with Crippen molar-refractivity contribution in [2.45, 2.75) is 31.3 Å². The SMILES string of the molecule is N#Cc1cccc(N2CCN(CCCCOc3ccc4c(c3)NOC3CC43)CC2)c1Cl. The molecule has 7 heteroatoms. The predicted octanol–water partition coefficient (Wildman–Crippen LogP) is 4.41. The van der Waals surface area contributed by atoms with Gasteiger partial charge in [-0.05, 0) is 49.6 Å². The van der Waals surface area contributed by atoms with Gasteiger partial charge in [0.1, 0.15) is 11.8 Å². The van der Waals surface area contributed by atoms with Gasteiger partial charge in [0.25, 0.3) is 0 Å². The van der Waals surface area contributed by atoms with E-state index in [0.717, 1.165) is 75.7 Å². The van der Waals surface area contributed by atoms with Crippen LogP contribution in [0.2, 0.25) is 5.02 Å². The molecule has 2 atom stereocenters. The number of piperazine rings is 1. The number of hydrogen-bond donors (Lipinski definition) is 1. The fourth-order valence-corrected chi connectivity index (χ4v) is 4.78. The second-order valence-corrected chi connectivity index (χ2v) is 8.86. The molecular weight excluding hydrogens is 412 g/mol. The molecule has 2 aliphatic heterocycles. The summed E-state index contributed by atoms with van der Waals surface area (Å²) >= 11 is 6.39. The van der Waals surface area contributed by atoms with Crippen LogP contribution in [0.1, 0.15) is 36.3 Å². The van der Waals surface area contributed by atoms with Gasteiger partial charge in [0, 0.05) is 38.2 Å². The van der Waals surface area contributed by atoms with E-state index < -0.39 is 0 Å². The number of halogens is 1. The smallest absolute Gasteiger partial charge is 0.121 e. The lowest BCUT2D eigenvalue weighted by atomic mass is 10.1. The average Bonchev–Trinajstić information content (AvgIpc) is 3.60. The van der Waals surface area contributed by atoms with Gasteiger partial charge in [-0.3, -0.25) is 15.2 Å². The number of fused-ring (bicyclic) bond motifs is 3. The molecule has 2 heterocycles. The Morgan fingerprint density at radius 3 is 2.87 bits per heavy atom. The molecule has 31 heavy (non-hydrogen) atoms. The predicted molar refractivity (Wildman–Crippen MR) is 122 cm³/mol. The Kier molecular flexibility index (Phi) is 5.91. The van der Waals surface area contributed by atoms with E-state index in [1.165, 1.54) is 5.56 Å². The van der Waals surface area contributed by atoms with Crippen molar-refractivity contribution >= 4 is 23.0 Å². The molecule has 3 aliphatic rings. The number of unbranched alkanes of at least 4 members (excludes halogenated alkanes) is 1. The van der Waals surface area contributed by atoms with Gasteiger partial charge < -0.3 is 9.64 Å². The molecule has 0 aromatic heterocycles. The van der Waals surface area contributed by atoms with Crippen molar-refractivity contribution in [1.29, 1.82) is 5.26 Å². The third-order valence-electron chi connectivity index (χ3n) is 6.43. The average molecular weight is 439 g/mol. The summed E-state index contributed by atoms with van der Waals surface area (Å²) in [5, 5.41) is 9.75. The third-order valence-corrected chi connectivity index (χ3v) is 6.82. The molecule has 0 bridgehead atoms. The summed E-state index contributed by atoms with van der Waals surface area (Å²) in [5.74, 6) is 1.47. The highest BCUT2D eigenvalue weighted by atomic mass is 35.5. The lowest BCUT2D eigenvalue weighted by Gasteiger charge is -2.36. The Hall–Kier alpha value is -2.46. The summed E-state index contributed by atoms with van der Waals surface area (Å²) < 4.78 is 5.96. The van der Waals surface area contributed by atoms with Crippen LogP contribution in [0.15, 0.2) is 36.4 Å². The van der Waals surface area contributed by atoms with Crippen LogP contribution in [-0.4, -0.2) is 50.3 Å². The highest BCUT2D eigenvalue weighted by molar-refractivity contribution is 6.34.